The average Bonchev–Trinajstić information content (AvgIpc) is 2.97. The normalized spacial score (nSPS) is 12.3. The van der Waals surface area contributed by atoms with Gasteiger partial charge in [-0.2, -0.15) is 0 Å². The molecule has 4 nitrogen and oxygen atoms in total. The van der Waals surface area contributed by atoms with E-state index in [9.17, 15) is 9.18 Å². The summed E-state index contributed by atoms with van der Waals surface area (Å²) in [5.74, 6) is -0.368. The quantitative estimate of drug-likeness (QED) is 0.578. The van der Waals surface area contributed by atoms with Crippen molar-refractivity contribution in [3.63, 3.8) is 0 Å². The summed E-state index contributed by atoms with van der Waals surface area (Å²) < 4.78 is 19.3. The molecule has 1 heterocycles. The van der Waals surface area contributed by atoms with E-state index in [4.69, 9.17) is 4.74 Å². The fourth-order valence-corrected chi connectivity index (χ4v) is 3.19. The molecule has 0 radical (unpaired) electrons. The summed E-state index contributed by atoms with van der Waals surface area (Å²) in [6.45, 7) is 5.05. The highest BCUT2D eigenvalue weighted by Gasteiger charge is 2.13. The van der Waals surface area contributed by atoms with Gasteiger partial charge in [0.25, 0.3) is 0 Å². The number of aromatic nitrogens is 1. The first-order valence-electron chi connectivity index (χ1n) is 9.24. The number of amides is 1. The molecule has 0 spiro atoms. The standard InChI is InChI=1S/C22H25FN2O2/c1-15-19(20-13-18(23)9-10-21(20)25-15)14-22(26)24-11-6-12-27-16(2)17-7-4-3-5-8-17/h3-5,7-10,13,16,25H,6,11-12,14H2,1-2H3,(H,24,26). The zero-order chi connectivity index (χ0) is 19.2. The van der Waals surface area contributed by atoms with E-state index in [1.807, 2.05) is 44.2 Å². The van der Waals surface area contributed by atoms with Crippen LogP contribution in [0.15, 0.2) is 48.5 Å². The molecule has 1 amide bonds. The van der Waals surface area contributed by atoms with E-state index < -0.39 is 0 Å². The minimum absolute atomic E-state index is 0.0330. The fraction of sp³-hybridized carbons (Fsp3) is 0.318. The van der Waals surface area contributed by atoms with Crippen molar-refractivity contribution in [2.45, 2.75) is 32.8 Å². The van der Waals surface area contributed by atoms with Crippen LogP contribution < -0.4 is 5.32 Å². The van der Waals surface area contributed by atoms with Crippen molar-refractivity contribution in [2.75, 3.05) is 13.2 Å². The summed E-state index contributed by atoms with van der Waals surface area (Å²) in [4.78, 5) is 15.4. The Balaban J connectivity index is 1.44. The number of benzene rings is 2. The van der Waals surface area contributed by atoms with E-state index in [1.54, 1.807) is 6.07 Å². The first-order chi connectivity index (χ1) is 13.0. The number of halogens is 1. The third-order valence-corrected chi connectivity index (χ3v) is 4.70. The van der Waals surface area contributed by atoms with Crippen LogP contribution in [-0.2, 0) is 16.0 Å². The van der Waals surface area contributed by atoms with Gasteiger partial charge in [0.05, 0.1) is 12.5 Å². The second-order valence-electron chi connectivity index (χ2n) is 6.72. The highest BCUT2D eigenvalue weighted by molar-refractivity contribution is 5.90. The minimum atomic E-state index is -0.298. The zero-order valence-corrected chi connectivity index (χ0v) is 15.7. The molecule has 2 N–H and O–H groups in total. The maximum Gasteiger partial charge on any atom is 0.224 e. The lowest BCUT2D eigenvalue weighted by molar-refractivity contribution is -0.120. The molecule has 3 rings (SSSR count). The van der Waals surface area contributed by atoms with Crippen molar-refractivity contribution in [2.24, 2.45) is 0 Å². The summed E-state index contributed by atoms with van der Waals surface area (Å²) in [5.41, 5.74) is 3.73. The summed E-state index contributed by atoms with van der Waals surface area (Å²) in [5, 5.41) is 3.68. The van der Waals surface area contributed by atoms with Gasteiger partial charge in [-0.3, -0.25) is 4.79 Å². The summed E-state index contributed by atoms with van der Waals surface area (Å²) in [6, 6.07) is 14.6. The smallest absolute Gasteiger partial charge is 0.224 e. The van der Waals surface area contributed by atoms with Crippen LogP contribution in [0.4, 0.5) is 4.39 Å². The molecule has 0 aliphatic carbocycles. The Labute approximate surface area is 158 Å². The SMILES string of the molecule is Cc1[nH]c2ccc(F)cc2c1CC(=O)NCCCOC(C)c1ccccc1. The van der Waals surface area contributed by atoms with Crippen molar-refractivity contribution in [3.05, 3.63) is 71.2 Å². The Kier molecular flexibility index (Phi) is 6.24. The second kappa shape index (κ2) is 8.82. The van der Waals surface area contributed by atoms with Crippen molar-refractivity contribution >= 4 is 16.8 Å². The molecule has 0 saturated carbocycles. The number of carbonyl (C=O) groups is 1. The molecule has 1 unspecified atom stereocenters. The molecule has 3 aromatic rings. The third-order valence-electron chi connectivity index (χ3n) is 4.70. The molecule has 1 aromatic heterocycles. The maximum atomic E-state index is 13.5. The van der Waals surface area contributed by atoms with Crippen LogP contribution in [0, 0.1) is 12.7 Å². The van der Waals surface area contributed by atoms with Gasteiger partial charge in [0, 0.05) is 29.7 Å². The molecule has 0 saturated heterocycles. The first-order valence-corrected chi connectivity index (χ1v) is 9.24. The number of hydrogen-bond donors (Lipinski definition) is 2. The molecule has 142 valence electrons. The predicted octanol–water partition coefficient (Wildman–Crippen LogP) is 4.44. The maximum absolute atomic E-state index is 13.5. The number of carbonyl (C=O) groups excluding carboxylic acids is 1. The molecule has 0 aliphatic heterocycles. The largest absolute Gasteiger partial charge is 0.374 e. The molecule has 5 heteroatoms. The van der Waals surface area contributed by atoms with Crippen LogP contribution in [0.5, 0.6) is 0 Å². The minimum Gasteiger partial charge on any atom is -0.374 e. The lowest BCUT2D eigenvalue weighted by Gasteiger charge is -2.13. The van der Waals surface area contributed by atoms with Crippen LogP contribution in [0.25, 0.3) is 10.9 Å². The van der Waals surface area contributed by atoms with Gasteiger partial charge in [0.2, 0.25) is 5.91 Å². The number of aryl methyl sites for hydroxylation is 1. The van der Waals surface area contributed by atoms with Crippen molar-refractivity contribution in [1.82, 2.24) is 10.3 Å². The van der Waals surface area contributed by atoms with Gasteiger partial charge < -0.3 is 15.0 Å². The van der Waals surface area contributed by atoms with E-state index in [-0.39, 0.29) is 24.2 Å². The van der Waals surface area contributed by atoms with E-state index in [1.165, 1.54) is 12.1 Å². The number of hydrogen-bond acceptors (Lipinski definition) is 2. The highest BCUT2D eigenvalue weighted by Crippen LogP contribution is 2.23. The van der Waals surface area contributed by atoms with Crippen LogP contribution >= 0.6 is 0 Å². The summed E-state index contributed by atoms with van der Waals surface area (Å²) in [6.07, 6.45) is 1.01. The van der Waals surface area contributed by atoms with Gasteiger partial charge in [-0.25, -0.2) is 4.39 Å². The van der Waals surface area contributed by atoms with Gasteiger partial charge in [0.15, 0.2) is 0 Å². The Bertz CT molecular complexity index is 905. The van der Waals surface area contributed by atoms with E-state index in [2.05, 4.69) is 10.3 Å². The van der Waals surface area contributed by atoms with Crippen LogP contribution in [0.2, 0.25) is 0 Å². The number of rotatable bonds is 8. The van der Waals surface area contributed by atoms with E-state index in [0.29, 0.717) is 13.2 Å². The average molecular weight is 368 g/mol. The number of ether oxygens (including phenoxy) is 1. The topological polar surface area (TPSA) is 54.1 Å². The number of H-pyrrole nitrogens is 1. The molecule has 0 fully saturated rings. The predicted molar refractivity (Wildman–Crippen MR) is 105 cm³/mol. The molecule has 0 aliphatic rings. The summed E-state index contributed by atoms with van der Waals surface area (Å²) in [7, 11) is 0. The Morgan fingerprint density at radius 2 is 2.00 bits per heavy atom. The van der Waals surface area contributed by atoms with E-state index >= 15 is 0 Å². The van der Waals surface area contributed by atoms with Gasteiger partial charge >= 0.3 is 0 Å². The van der Waals surface area contributed by atoms with Gasteiger partial charge in [-0.1, -0.05) is 30.3 Å². The monoisotopic (exact) mass is 368 g/mol. The third kappa shape index (κ3) is 4.95. The Hall–Kier alpha value is -2.66. The lowest BCUT2D eigenvalue weighted by Crippen LogP contribution is -2.27. The van der Waals surface area contributed by atoms with Gasteiger partial charge in [-0.15, -0.1) is 0 Å². The molecular weight excluding hydrogens is 343 g/mol. The zero-order valence-electron chi connectivity index (χ0n) is 15.7. The lowest BCUT2D eigenvalue weighted by atomic mass is 10.1. The Morgan fingerprint density at radius 1 is 1.22 bits per heavy atom. The fourth-order valence-electron chi connectivity index (χ4n) is 3.19. The van der Waals surface area contributed by atoms with Crippen LogP contribution in [-0.4, -0.2) is 24.0 Å². The molecule has 0 bridgehead atoms. The highest BCUT2D eigenvalue weighted by atomic mass is 19.1. The van der Waals surface area contributed by atoms with E-state index in [0.717, 1.165) is 34.1 Å². The van der Waals surface area contributed by atoms with Gasteiger partial charge in [0.1, 0.15) is 5.82 Å². The molecule has 27 heavy (non-hydrogen) atoms. The van der Waals surface area contributed by atoms with Crippen molar-refractivity contribution in [3.8, 4) is 0 Å². The van der Waals surface area contributed by atoms with Gasteiger partial charge in [-0.05, 0) is 49.6 Å². The summed E-state index contributed by atoms with van der Waals surface area (Å²) >= 11 is 0. The second-order valence-corrected chi connectivity index (χ2v) is 6.72. The number of nitrogens with one attached hydrogen (secondary N) is 2. The first kappa shape index (κ1) is 19.1. The number of aromatic amines is 1. The van der Waals surface area contributed by atoms with Crippen LogP contribution in [0.3, 0.4) is 0 Å². The van der Waals surface area contributed by atoms with Crippen LogP contribution in [0.1, 0.15) is 36.3 Å². The number of fused-ring (bicyclic) bond motifs is 1. The Morgan fingerprint density at radius 3 is 2.78 bits per heavy atom. The van der Waals surface area contributed by atoms with Crippen molar-refractivity contribution < 1.29 is 13.9 Å². The molecular formula is C22H25FN2O2. The molecule has 2 aromatic carbocycles. The molecule has 1 atom stereocenters. The van der Waals surface area contributed by atoms with Crippen molar-refractivity contribution in [1.29, 1.82) is 0 Å².